The van der Waals surface area contributed by atoms with E-state index in [4.69, 9.17) is 18.9 Å². The molecule has 0 radical (unpaired) electrons. The largest absolute Gasteiger partial charge is 0.394 e. The van der Waals surface area contributed by atoms with Gasteiger partial charge in [-0.2, -0.15) is 0 Å². The predicted molar refractivity (Wildman–Crippen MR) is 201 cm³/mol. The molecule has 6 fully saturated rings. The summed E-state index contributed by atoms with van der Waals surface area (Å²) in [5, 5.41) is 100. The highest BCUT2D eigenvalue weighted by atomic mass is 16.8. The lowest BCUT2D eigenvalue weighted by Crippen LogP contribution is -2.68. The molecule has 2 saturated heterocycles. The number of fused-ring (bicyclic) bond motifs is 5. The van der Waals surface area contributed by atoms with Crippen LogP contribution in [0.25, 0.3) is 0 Å². The zero-order valence-electron chi connectivity index (χ0n) is 34.2. The Hall–Kier alpha value is -0.780. The first-order valence-corrected chi connectivity index (χ1v) is 21.0. The smallest absolute Gasteiger partial charge is 0.187 e. The van der Waals surface area contributed by atoms with Gasteiger partial charge in [-0.3, -0.25) is 0 Å². The van der Waals surface area contributed by atoms with Crippen molar-refractivity contribution in [3.63, 3.8) is 0 Å². The molecule has 55 heavy (non-hydrogen) atoms. The maximum absolute atomic E-state index is 12.2. The quantitative estimate of drug-likeness (QED) is 0.115. The Kier molecular flexibility index (Phi) is 12.7. The second kappa shape index (κ2) is 16.0. The van der Waals surface area contributed by atoms with Gasteiger partial charge in [0, 0.05) is 0 Å². The zero-order valence-corrected chi connectivity index (χ0v) is 34.2. The van der Waals surface area contributed by atoms with E-state index in [9.17, 15) is 46.0 Å². The van der Waals surface area contributed by atoms with Crippen LogP contribution in [-0.4, -0.2) is 138 Å². The molecule has 6 aliphatic rings. The predicted octanol–water partition coefficient (Wildman–Crippen LogP) is 2.15. The van der Waals surface area contributed by atoms with Crippen LogP contribution in [0.15, 0.2) is 11.6 Å². The van der Waals surface area contributed by atoms with Gasteiger partial charge in [0.2, 0.25) is 0 Å². The van der Waals surface area contributed by atoms with Crippen molar-refractivity contribution in [3.05, 3.63) is 11.6 Å². The number of hydrogen-bond donors (Lipinski definition) is 9. The first-order valence-electron chi connectivity index (χ1n) is 21.0. The summed E-state index contributed by atoms with van der Waals surface area (Å²) in [4.78, 5) is 0. The third-order valence-corrected chi connectivity index (χ3v) is 16.2. The van der Waals surface area contributed by atoms with Gasteiger partial charge in [0.05, 0.1) is 36.6 Å². The van der Waals surface area contributed by atoms with Crippen LogP contribution >= 0.6 is 0 Å². The molecule has 0 aromatic carbocycles. The summed E-state index contributed by atoms with van der Waals surface area (Å²) in [5.41, 5.74) is -1.07. The Labute approximate surface area is 327 Å². The Morgan fingerprint density at radius 2 is 1.47 bits per heavy atom. The van der Waals surface area contributed by atoms with Gasteiger partial charge in [-0.05, 0) is 124 Å². The van der Waals surface area contributed by atoms with Gasteiger partial charge < -0.3 is 64.9 Å². The van der Waals surface area contributed by atoms with E-state index in [1.807, 2.05) is 20.8 Å². The number of rotatable bonds is 10. The van der Waals surface area contributed by atoms with Crippen molar-refractivity contribution in [1.29, 1.82) is 0 Å². The summed E-state index contributed by atoms with van der Waals surface area (Å²) in [6.45, 7) is 15.7. The van der Waals surface area contributed by atoms with Crippen LogP contribution in [0.1, 0.15) is 113 Å². The lowest BCUT2D eigenvalue weighted by atomic mass is 9.39. The van der Waals surface area contributed by atoms with Crippen molar-refractivity contribution in [2.24, 2.45) is 45.8 Å². The molecule has 4 saturated carbocycles. The minimum Gasteiger partial charge on any atom is -0.394 e. The van der Waals surface area contributed by atoms with E-state index in [0.717, 1.165) is 25.7 Å². The minimum atomic E-state index is -1.69. The summed E-state index contributed by atoms with van der Waals surface area (Å²) >= 11 is 0. The highest BCUT2D eigenvalue weighted by Crippen LogP contribution is 2.71. The lowest BCUT2D eigenvalue weighted by Gasteiger charge is -2.68. The lowest BCUT2D eigenvalue weighted by molar-refractivity contribution is -0.379. The van der Waals surface area contributed by atoms with Crippen LogP contribution in [0.5, 0.6) is 0 Å². The van der Waals surface area contributed by atoms with Gasteiger partial charge in [-0.25, -0.2) is 0 Å². The van der Waals surface area contributed by atoms with Gasteiger partial charge in [0.25, 0.3) is 0 Å². The first kappa shape index (κ1) is 43.8. The van der Waals surface area contributed by atoms with E-state index in [1.54, 1.807) is 0 Å². The SMILES string of the molecule is CC/C(C)=C\CC[C@@](C)(O)[C@H]1CC[C@@]2(C)[C@@H]1[C@@H](O)C[C@@H]1[C@@H]2C[C@@H](O[C@H]2O[C@@H](CO)[C@H](O)[C@@H](O)[C@@H]2O[C@@H]2O[C@H](C)[C@H](O)[C@H](O)[C@@H]2O)[C@@H]2C(C)(C)[C@H](O)CC[C@@]12C. The van der Waals surface area contributed by atoms with Gasteiger partial charge in [-0.1, -0.05) is 46.3 Å². The fourth-order valence-corrected chi connectivity index (χ4v) is 12.9. The van der Waals surface area contributed by atoms with E-state index in [0.29, 0.717) is 32.1 Å². The standard InChI is InChI=1S/C42H72O13/c1-9-20(2)11-10-14-42(8,51)22-12-15-40(6)24-18-26(36-39(4,5)28(45)13-16-41(36,7)23(24)17-25(44)29(22)40)53-38-35(33(49)31(47)27(19-43)54-38)55-37-34(50)32(48)30(46)21(3)52-37/h11,21-38,43-51H,9-10,12-19H2,1-8H3/b20-11-/t21-,22+,23-,24+,25+,26-,27+,28-,29+,30+,31+,32+,33-,34+,35+,36-,37+,38+,40-,41+,42-/m1/s1. The molecule has 0 unspecified atom stereocenters. The molecule has 2 aliphatic heterocycles. The van der Waals surface area contributed by atoms with Crippen LogP contribution in [-0.2, 0) is 18.9 Å². The summed E-state index contributed by atoms with van der Waals surface area (Å²) in [7, 11) is 0. The molecule has 0 aromatic rings. The molecule has 0 bridgehead atoms. The molecule has 13 nitrogen and oxygen atoms in total. The second-order valence-electron chi connectivity index (χ2n) is 19.8. The third-order valence-electron chi connectivity index (χ3n) is 16.2. The van der Waals surface area contributed by atoms with E-state index in [-0.39, 0.29) is 35.0 Å². The van der Waals surface area contributed by atoms with Crippen LogP contribution < -0.4 is 0 Å². The zero-order chi connectivity index (χ0) is 40.6. The fraction of sp³-hybridized carbons (Fsp3) is 0.952. The summed E-state index contributed by atoms with van der Waals surface area (Å²) < 4.78 is 25.0. The molecule has 6 rings (SSSR count). The Bertz CT molecular complexity index is 1360. The van der Waals surface area contributed by atoms with Gasteiger partial charge >= 0.3 is 0 Å². The first-order chi connectivity index (χ1) is 25.6. The van der Waals surface area contributed by atoms with Gasteiger partial charge in [0.1, 0.15) is 42.7 Å². The third kappa shape index (κ3) is 7.52. The number of aliphatic hydroxyl groups is 9. The average Bonchev–Trinajstić information content (AvgIpc) is 3.51. The van der Waals surface area contributed by atoms with Crippen LogP contribution in [0.3, 0.4) is 0 Å². The van der Waals surface area contributed by atoms with Crippen molar-refractivity contribution in [2.45, 2.75) is 199 Å². The molecule has 21 atom stereocenters. The Morgan fingerprint density at radius 1 is 0.818 bits per heavy atom. The highest BCUT2D eigenvalue weighted by Gasteiger charge is 2.69. The van der Waals surface area contributed by atoms with Crippen LogP contribution in [0.4, 0.5) is 0 Å². The molecular weight excluding hydrogens is 712 g/mol. The minimum absolute atomic E-state index is 0.0642. The molecular formula is C42H72O13. The molecule has 2 heterocycles. The van der Waals surface area contributed by atoms with Crippen molar-refractivity contribution in [2.75, 3.05) is 6.61 Å². The second-order valence-corrected chi connectivity index (χ2v) is 19.8. The molecule has 4 aliphatic carbocycles. The van der Waals surface area contributed by atoms with Gasteiger partial charge in [0.15, 0.2) is 12.6 Å². The molecule has 13 heteroatoms. The average molecular weight is 785 g/mol. The van der Waals surface area contributed by atoms with Crippen molar-refractivity contribution < 1.29 is 64.9 Å². The van der Waals surface area contributed by atoms with E-state index in [2.05, 4.69) is 33.8 Å². The fourth-order valence-electron chi connectivity index (χ4n) is 12.9. The summed E-state index contributed by atoms with van der Waals surface area (Å²) in [6, 6.07) is 0. The monoisotopic (exact) mass is 784 g/mol. The number of aliphatic hydroxyl groups excluding tert-OH is 8. The van der Waals surface area contributed by atoms with Crippen molar-refractivity contribution >= 4 is 0 Å². The van der Waals surface area contributed by atoms with E-state index < -0.39 is 103 Å². The molecule has 318 valence electrons. The summed E-state index contributed by atoms with van der Waals surface area (Å²) in [6.07, 6.45) is -7.68. The normalized spacial score (nSPS) is 52.5. The van der Waals surface area contributed by atoms with Crippen molar-refractivity contribution in [1.82, 2.24) is 0 Å². The number of ether oxygens (including phenoxy) is 4. The summed E-state index contributed by atoms with van der Waals surface area (Å²) in [5.74, 6) is -0.335. The Balaban J connectivity index is 1.34. The Morgan fingerprint density at radius 3 is 2.13 bits per heavy atom. The topological polar surface area (TPSA) is 219 Å². The number of allylic oxidation sites excluding steroid dienone is 2. The molecule has 9 N–H and O–H groups in total. The van der Waals surface area contributed by atoms with Gasteiger partial charge in [-0.15, -0.1) is 0 Å². The molecule has 0 spiro atoms. The molecule has 0 aromatic heterocycles. The van der Waals surface area contributed by atoms with Crippen molar-refractivity contribution in [3.8, 4) is 0 Å². The van der Waals surface area contributed by atoms with Crippen LogP contribution in [0.2, 0.25) is 0 Å². The van der Waals surface area contributed by atoms with E-state index in [1.165, 1.54) is 12.5 Å². The number of hydrogen-bond acceptors (Lipinski definition) is 13. The highest BCUT2D eigenvalue weighted by molar-refractivity contribution is 5.18. The van der Waals surface area contributed by atoms with E-state index >= 15 is 0 Å². The maximum atomic E-state index is 12.2. The molecule has 0 amide bonds. The van der Waals surface area contributed by atoms with Crippen LogP contribution in [0, 0.1) is 45.8 Å². The maximum Gasteiger partial charge on any atom is 0.187 e.